The first kappa shape index (κ1) is 13.3. The van der Waals surface area contributed by atoms with Crippen molar-refractivity contribution in [2.75, 3.05) is 26.3 Å². The first-order valence-corrected chi connectivity index (χ1v) is 5.46. The van der Waals surface area contributed by atoms with Gasteiger partial charge < -0.3 is 15.8 Å². The van der Waals surface area contributed by atoms with E-state index in [9.17, 15) is 13.6 Å². The van der Waals surface area contributed by atoms with E-state index in [-0.39, 0.29) is 11.8 Å². The van der Waals surface area contributed by atoms with Gasteiger partial charge in [0.15, 0.2) is 0 Å². The zero-order chi connectivity index (χ0) is 12.0. The Hall–Kier alpha value is -0.750. The van der Waals surface area contributed by atoms with Gasteiger partial charge in [0.2, 0.25) is 5.91 Å². The van der Waals surface area contributed by atoms with Gasteiger partial charge in [-0.3, -0.25) is 4.79 Å². The number of nitrogens with two attached hydrogens (primary N) is 1. The number of nitrogens with one attached hydrogen (secondary N) is 1. The SMILES string of the molecule is NCC(F)(F)CNC(=O)CC1CCOCC1. The number of carbonyl (C=O) groups is 1. The van der Waals surface area contributed by atoms with Crippen molar-refractivity contribution in [3.05, 3.63) is 0 Å². The number of amides is 1. The second-order valence-corrected chi connectivity index (χ2v) is 4.10. The quantitative estimate of drug-likeness (QED) is 0.731. The highest BCUT2D eigenvalue weighted by atomic mass is 19.3. The maximum Gasteiger partial charge on any atom is 0.277 e. The van der Waals surface area contributed by atoms with Crippen LogP contribution in [0.4, 0.5) is 8.78 Å². The van der Waals surface area contributed by atoms with Crippen LogP contribution in [0.15, 0.2) is 0 Å². The summed E-state index contributed by atoms with van der Waals surface area (Å²) in [4.78, 5) is 11.3. The fourth-order valence-corrected chi connectivity index (χ4v) is 1.58. The molecule has 0 aliphatic carbocycles. The molecule has 1 rings (SSSR count). The molecule has 0 aromatic heterocycles. The van der Waals surface area contributed by atoms with Crippen molar-refractivity contribution < 1.29 is 18.3 Å². The monoisotopic (exact) mass is 236 g/mol. The summed E-state index contributed by atoms with van der Waals surface area (Å²) in [5.41, 5.74) is 4.86. The summed E-state index contributed by atoms with van der Waals surface area (Å²) in [6, 6.07) is 0. The molecule has 6 heteroatoms. The Balaban J connectivity index is 2.19. The number of alkyl halides is 2. The molecule has 3 N–H and O–H groups in total. The van der Waals surface area contributed by atoms with Gasteiger partial charge >= 0.3 is 0 Å². The Bertz CT molecular complexity index is 231. The standard InChI is InChI=1S/C10H18F2N2O2/c11-10(12,6-13)7-14-9(15)5-8-1-3-16-4-2-8/h8H,1-7,13H2,(H,14,15). The molecule has 0 unspecified atom stereocenters. The predicted octanol–water partition coefficient (Wildman–Crippen LogP) is 0.513. The van der Waals surface area contributed by atoms with E-state index in [4.69, 9.17) is 10.5 Å². The molecule has 1 fully saturated rings. The number of halogens is 2. The van der Waals surface area contributed by atoms with Crippen molar-refractivity contribution in [2.45, 2.75) is 25.2 Å². The van der Waals surface area contributed by atoms with Crippen LogP contribution in [0.3, 0.4) is 0 Å². The fraction of sp³-hybridized carbons (Fsp3) is 0.900. The van der Waals surface area contributed by atoms with Gasteiger partial charge in [0.25, 0.3) is 5.92 Å². The second-order valence-electron chi connectivity index (χ2n) is 4.10. The third-order valence-electron chi connectivity index (χ3n) is 2.66. The van der Waals surface area contributed by atoms with E-state index in [0.29, 0.717) is 19.6 Å². The average molecular weight is 236 g/mol. The van der Waals surface area contributed by atoms with E-state index in [0.717, 1.165) is 12.8 Å². The van der Waals surface area contributed by atoms with E-state index >= 15 is 0 Å². The van der Waals surface area contributed by atoms with E-state index in [1.165, 1.54) is 0 Å². The largest absolute Gasteiger partial charge is 0.381 e. The van der Waals surface area contributed by atoms with Gasteiger partial charge in [-0.2, -0.15) is 0 Å². The Morgan fingerprint density at radius 3 is 2.62 bits per heavy atom. The molecular weight excluding hydrogens is 218 g/mol. The van der Waals surface area contributed by atoms with Crippen LogP contribution >= 0.6 is 0 Å². The highest BCUT2D eigenvalue weighted by Crippen LogP contribution is 2.18. The number of rotatable bonds is 5. The minimum absolute atomic E-state index is 0.250. The minimum Gasteiger partial charge on any atom is -0.381 e. The van der Waals surface area contributed by atoms with Crippen molar-refractivity contribution in [3.8, 4) is 0 Å². The lowest BCUT2D eigenvalue weighted by Crippen LogP contribution is -2.42. The van der Waals surface area contributed by atoms with Crippen LogP contribution in [-0.2, 0) is 9.53 Å². The number of hydrogen-bond donors (Lipinski definition) is 2. The maximum absolute atomic E-state index is 12.7. The second kappa shape index (κ2) is 6.10. The molecule has 1 amide bonds. The zero-order valence-electron chi connectivity index (χ0n) is 9.18. The van der Waals surface area contributed by atoms with Gasteiger partial charge in [0.05, 0.1) is 13.1 Å². The smallest absolute Gasteiger partial charge is 0.277 e. The predicted molar refractivity (Wildman–Crippen MR) is 55.2 cm³/mol. The van der Waals surface area contributed by atoms with Crippen LogP contribution < -0.4 is 11.1 Å². The van der Waals surface area contributed by atoms with Crippen LogP contribution in [0.25, 0.3) is 0 Å². The van der Waals surface area contributed by atoms with Crippen molar-refractivity contribution in [1.82, 2.24) is 5.32 Å². The lowest BCUT2D eigenvalue weighted by Gasteiger charge is -2.22. The molecule has 1 heterocycles. The summed E-state index contributed by atoms with van der Waals surface area (Å²) in [7, 11) is 0. The van der Waals surface area contributed by atoms with E-state index < -0.39 is 19.0 Å². The molecule has 94 valence electrons. The number of carbonyl (C=O) groups excluding carboxylic acids is 1. The van der Waals surface area contributed by atoms with E-state index in [1.54, 1.807) is 0 Å². The van der Waals surface area contributed by atoms with Gasteiger partial charge in [0, 0.05) is 19.6 Å². The van der Waals surface area contributed by atoms with Gasteiger partial charge in [-0.05, 0) is 18.8 Å². The zero-order valence-corrected chi connectivity index (χ0v) is 9.18. The summed E-state index contributed by atoms with van der Waals surface area (Å²) in [6.07, 6.45) is 1.94. The van der Waals surface area contributed by atoms with Gasteiger partial charge in [-0.1, -0.05) is 0 Å². The molecule has 1 aliphatic heterocycles. The van der Waals surface area contributed by atoms with Gasteiger partial charge in [-0.25, -0.2) is 8.78 Å². The van der Waals surface area contributed by atoms with Crippen LogP contribution in [0.2, 0.25) is 0 Å². The molecule has 0 radical (unpaired) electrons. The first-order valence-electron chi connectivity index (χ1n) is 5.46. The number of ether oxygens (including phenoxy) is 1. The van der Waals surface area contributed by atoms with Crippen molar-refractivity contribution in [1.29, 1.82) is 0 Å². The molecule has 0 saturated carbocycles. The highest BCUT2D eigenvalue weighted by molar-refractivity contribution is 5.76. The summed E-state index contributed by atoms with van der Waals surface area (Å²) in [5, 5.41) is 2.21. The summed E-state index contributed by atoms with van der Waals surface area (Å²) >= 11 is 0. The van der Waals surface area contributed by atoms with Crippen LogP contribution in [0.5, 0.6) is 0 Å². The molecule has 0 aromatic rings. The van der Waals surface area contributed by atoms with Gasteiger partial charge in [0.1, 0.15) is 0 Å². The molecule has 16 heavy (non-hydrogen) atoms. The van der Waals surface area contributed by atoms with Crippen LogP contribution in [0, 0.1) is 5.92 Å². The summed E-state index contributed by atoms with van der Waals surface area (Å²) in [6.45, 7) is -0.121. The molecule has 0 aromatic carbocycles. The lowest BCUT2D eigenvalue weighted by molar-refractivity contribution is -0.124. The normalized spacial score (nSPS) is 18.4. The fourth-order valence-electron chi connectivity index (χ4n) is 1.58. The Morgan fingerprint density at radius 2 is 2.06 bits per heavy atom. The van der Waals surface area contributed by atoms with Crippen molar-refractivity contribution >= 4 is 5.91 Å². The summed E-state index contributed by atoms with van der Waals surface area (Å²) in [5.74, 6) is -3.09. The third kappa shape index (κ3) is 4.85. The third-order valence-corrected chi connectivity index (χ3v) is 2.66. The highest BCUT2D eigenvalue weighted by Gasteiger charge is 2.27. The Kier molecular flexibility index (Phi) is 5.08. The van der Waals surface area contributed by atoms with Crippen molar-refractivity contribution in [2.24, 2.45) is 11.7 Å². The Morgan fingerprint density at radius 1 is 1.44 bits per heavy atom. The minimum atomic E-state index is -3.01. The molecule has 4 nitrogen and oxygen atoms in total. The summed E-state index contributed by atoms with van der Waals surface area (Å²) < 4.78 is 30.6. The molecule has 0 spiro atoms. The van der Waals surface area contributed by atoms with Crippen molar-refractivity contribution in [3.63, 3.8) is 0 Å². The molecule has 0 atom stereocenters. The van der Waals surface area contributed by atoms with Gasteiger partial charge in [-0.15, -0.1) is 0 Å². The molecule has 0 bridgehead atoms. The molecular formula is C10H18F2N2O2. The number of hydrogen-bond acceptors (Lipinski definition) is 3. The molecule has 1 aliphatic rings. The first-order chi connectivity index (χ1) is 7.53. The molecule has 1 saturated heterocycles. The van der Waals surface area contributed by atoms with Crippen LogP contribution in [-0.4, -0.2) is 38.1 Å². The lowest BCUT2D eigenvalue weighted by atomic mass is 9.96. The van der Waals surface area contributed by atoms with Crippen LogP contribution in [0.1, 0.15) is 19.3 Å². The maximum atomic E-state index is 12.7. The van der Waals surface area contributed by atoms with E-state index in [1.807, 2.05) is 0 Å². The topological polar surface area (TPSA) is 64.3 Å². The Labute approximate surface area is 93.5 Å². The average Bonchev–Trinajstić information content (AvgIpc) is 2.28. The van der Waals surface area contributed by atoms with E-state index in [2.05, 4.69) is 5.32 Å².